The zero-order valence-electron chi connectivity index (χ0n) is 6.94. The molecule has 1 aliphatic carbocycles. The zero-order chi connectivity index (χ0) is 7.82. The van der Waals surface area contributed by atoms with Gasteiger partial charge in [-0.2, -0.15) is 11.1 Å². The van der Waals surface area contributed by atoms with Crippen LogP contribution in [0.3, 0.4) is 0 Å². The second kappa shape index (κ2) is 7.36. The number of hydrogen-bond acceptors (Lipinski definition) is 0. The molecule has 0 heterocycles. The lowest BCUT2D eigenvalue weighted by molar-refractivity contribution is 0.730. The fraction of sp³-hybridized carbons (Fsp3) is 0.750. The van der Waals surface area contributed by atoms with Crippen molar-refractivity contribution in [2.24, 2.45) is 0 Å². The van der Waals surface area contributed by atoms with E-state index in [0.717, 1.165) is 0 Å². The first-order valence-corrected chi connectivity index (χ1v) is 8.08. The number of hydrogen-bond donors (Lipinski definition) is 0. The van der Waals surface area contributed by atoms with Crippen molar-refractivity contribution in [1.82, 2.24) is 0 Å². The first-order valence-electron chi connectivity index (χ1n) is 4.02. The second-order valence-corrected chi connectivity index (χ2v) is 7.42. The Hall–Kier alpha value is 0.247. The molecule has 60 valence electrons. The lowest BCUT2D eigenvalue weighted by atomic mass is 10.1. The van der Waals surface area contributed by atoms with Crippen LogP contribution in [0.5, 0.6) is 0 Å². The van der Waals surface area contributed by atoms with E-state index in [1.165, 1.54) is 25.7 Å². The van der Waals surface area contributed by atoms with Crippen molar-refractivity contribution in [3.8, 4) is 0 Å². The summed E-state index contributed by atoms with van der Waals surface area (Å²) in [6.45, 7) is 4.14. The molecule has 0 saturated carbocycles. The average Bonchev–Trinajstić information content (AvgIpc) is 1.90. The highest BCUT2D eigenvalue weighted by atomic mass is 35.6. The Labute approximate surface area is 70.6 Å². The molecule has 0 spiro atoms. The van der Waals surface area contributed by atoms with Crippen molar-refractivity contribution in [3.63, 3.8) is 0 Å². The van der Waals surface area contributed by atoms with Crippen LogP contribution in [0.1, 0.15) is 25.7 Å². The van der Waals surface area contributed by atoms with Crippen LogP contribution in [-0.2, 0) is 0 Å². The SMILES string of the molecule is C1=CCCCC1.C[SiH](C)Cl. The molecule has 2 heteroatoms. The van der Waals surface area contributed by atoms with E-state index < -0.39 is 8.11 Å². The highest BCUT2D eigenvalue weighted by Crippen LogP contribution is 2.07. The lowest BCUT2D eigenvalue weighted by Gasteiger charge is -1.97. The number of halogens is 1. The van der Waals surface area contributed by atoms with Crippen molar-refractivity contribution >= 4 is 19.2 Å². The van der Waals surface area contributed by atoms with Gasteiger partial charge in [0.15, 0.2) is 0 Å². The van der Waals surface area contributed by atoms with Gasteiger partial charge in [-0.1, -0.05) is 25.2 Å². The van der Waals surface area contributed by atoms with Crippen molar-refractivity contribution in [1.29, 1.82) is 0 Å². The lowest BCUT2D eigenvalue weighted by Crippen LogP contribution is -1.78. The summed E-state index contributed by atoms with van der Waals surface area (Å²) in [5, 5.41) is 0. The van der Waals surface area contributed by atoms with Crippen LogP contribution >= 0.6 is 11.1 Å². The summed E-state index contributed by atoms with van der Waals surface area (Å²) >= 11 is 5.41. The Bertz CT molecular complexity index is 78.5. The van der Waals surface area contributed by atoms with Crippen molar-refractivity contribution in [2.45, 2.75) is 38.8 Å². The molecule has 0 aliphatic heterocycles. The smallest absolute Gasteiger partial charge is 0.134 e. The van der Waals surface area contributed by atoms with Gasteiger partial charge in [-0.15, -0.1) is 0 Å². The fourth-order valence-corrected chi connectivity index (χ4v) is 0.760. The Morgan fingerprint density at radius 1 is 1.10 bits per heavy atom. The Balaban J connectivity index is 0.000000180. The molecule has 1 rings (SSSR count). The number of rotatable bonds is 0. The van der Waals surface area contributed by atoms with E-state index in [2.05, 4.69) is 25.2 Å². The molecule has 0 radical (unpaired) electrons. The molecular weight excluding hydrogens is 160 g/mol. The number of allylic oxidation sites excluding steroid dienone is 2. The predicted octanol–water partition coefficient (Wildman–Crippen LogP) is 3.33. The molecule has 0 aromatic rings. The maximum atomic E-state index is 5.41. The molecule has 0 amide bonds. The molecule has 0 saturated heterocycles. The summed E-state index contributed by atoms with van der Waals surface area (Å²) in [7, 11) is -0.667. The first kappa shape index (κ1) is 10.2. The maximum absolute atomic E-state index is 5.41. The first-order chi connectivity index (χ1) is 4.73. The maximum Gasteiger partial charge on any atom is 0.134 e. The van der Waals surface area contributed by atoms with E-state index in [0.29, 0.717) is 0 Å². The van der Waals surface area contributed by atoms with E-state index in [4.69, 9.17) is 11.1 Å². The highest BCUT2D eigenvalue weighted by Gasteiger charge is 1.87. The minimum atomic E-state index is -0.667. The minimum absolute atomic E-state index is 0.667. The van der Waals surface area contributed by atoms with Gasteiger partial charge in [-0.3, -0.25) is 0 Å². The van der Waals surface area contributed by atoms with E-state index in [9.17, 15) is 0 Å². The normalized spacial score (nSPS) is 16.4. The van der Waals surface area contributed by atoms with Gasteiger partial charge in [0.25, 0.3) is 0 Å². The van der Waals surface area contributed by atoms with E-state index in [-0.39, 0.29) is 0 Å². The largest absolute Gasteiger partial charge is 0.172 e. The average molecular weight is 177 g/mol. The van der Waals surface area contributed by atoms with E-state index >= 15 is 0 Å². The summed E-state index contributed by atoms with van der Waals surface area (Å²) in [6.07, 6.45) is 10.0. The third-order valence-electron chi connectivity index (χ3n) is 1.16. The topological polar surface area (TPSA) is 0 Å². The fourth-order valence-electron chi connectivity index (χ4n) is 0.760. The van der Waals surface area contributed by atoms with Gasteiger partial charge in [0.1, 0.15) is 8.11 Å². The molecule has 0 unspecified atom stereocenters. The van der Waals surface area contributed by atoms with Gasteiger partial charge in [-0.25, -0.2) is 0 Å². The van der Waals surface area contributed by atoms with Crippen LogP contribution < -0.4 is 0 Å². The molecule has 0 fully saturated rings. The summed E-state index contributed by atoms with van der Waals surface area (Å²) in [5.41, 5.74) is 0. The zero-order valence-corrected chi connectivity index (χ0v) is 8.85. The van der Waals surface area contributed by atoms with Crippen molar-refractivity contribution in [3.05, 3.63) is 12.2 Å². The van der Waals surface area contributed by atoms with Gasteiger partial charge >= 0.3 is 0 Å². The molecule has 0 atom stereocenters. The van der Waals surface area contributed by atoms with Gasteiger partial charge in [0, 0.05) is 0 Å². The van der Waals surface area contributed by atoms with Gasteiger partial charge in [-0.05, 0) is 25.7 Å². The van der Waals surface area contributed by atoms with Crippen LogP contribution in [0.2, 0.25) is 13.1 Å². The molecule has 0 aromatic heterocycles. The Morgan fingerprint density at radius 3 is 1.50 bits per heavy atom. The molecular formula is C8H17ClSi. The van der Waals surface area contributed by atoms with Crippen LogP contribution in [0.4, 0.5) is 0 Å². The third-order valence-corrected chi connectivity index (χ3v) is 1.16. The standard InChI is InChI=1S/C6H10.C2H7ClSi/c1-2-4-6-5-3-1;1-4(2)3/h1-2H,3-6H2;4H,1-2H3. The third kappa shape index (κ3) is 11.1. The van der Waals surface area contributed by atoms with E-state index in [1.54, 1.807) is 0 Å². The van der Waals surface area contributed by atoms with Crippen LogP contribution in [0.25, 0.3) is 0 Å². The van der Waals surface area contributed by atoms with Gasteiger partial charge < -0.3 is 0 Å². The van der Waals surface area contributed by atoms with Crippen LogP contribution in [-0.4, -0.2) is 8.11 Å². The van der Waals surface area contributed by atoms with Crippen molar-refractivity contribution < 1.29 is 0 Å². The monoisotopic (exact) mass is 176 g/mol. The summed E-state index contributed by atoms with van der Waals surface area (Å²) < 4.78 is 0. The van der Waals surface area contributed by atoms with Crippen molar-refractivity contribution in [2.75, 3.05) is 0 Å². The molecule has 0 nitrogen and oxygen atoms in total. The van der Waals surface area contributed by atoms with Crippen LogP contribution in [0, 0.1) is 0 Å². The predicted molar refractivity (Wildman–Crippen MR) is 52.3 cm³/mol. The highest BCUT2D eigenvalue weighted by molar-refractivity contribution is 7.05. The molecule has 0 N–H and O–H groups in total. The van der Waals surface area contributed by atoms with Gasteiger partial charge in [0.05, 0.1) is 0 Å². The van der Waals surface area contributed by atoms with Crippen LogP contribution in [0.15, 0.2) is 12.2 Å². The Morgan fingerprint density at radius 2 is 1.40 bits per heavy atom. The molecule has 0 bridgehead atoms. The minimum Gasteiger partial charge on any atom is -0.172 e. The summed E-state index contributed by atoms with van der Waals surface area (Å²) in [6, 6.07) is 0. The molecule has 0 aromatic carbocycles. The summed E-state index contributed by atoms with van der Waals surface area (Å²) in [4.78, 5) is 0. The van der Waals surface area contributed by atoms with Gasteiger partial charge in [0.2, 0.25) is 0 Å². The quantitative estimate of drug-likeness (QED) is 0.302. The molecule has 10 heavy (non-hydrogen) atoms. The van der Waals surface area contributed by atoms with E-state index in [1.807, 2.05) is 0 Å². The molecule has 1 aliphatic rings. The Kier molecular flexibility index (Phi) is 7.54. The summed E-state index contributed by atoms with van der Waals surface area (Å²) in [5.74, 6) is 0. The second-order valence-electron chi connectivity index (χ2n) is 2.77.